The number of aromatic nitrogens is 3. The van der Waals surface area contributed by atoms with Crippen molar-refractivity contribution in [2.45, 2.75) is 0 Å². The molecule has 1 aromatic carbocycles. The van der Waals surface area contributed by atoms with Gasteiger partial charge in [-0.15, -0.1) is 5.10 Å². The van der Waals surface area contributed by atoms with Crippen LogP contribution in [0.15, 0.2) is 30.6 Å². The predicted octanol–water partition coefficient (Wildman–Crippen LogP) is 0.785. The van der Waals surface area contributed by atoms with E-state index in [-0.39, 0.29) is 5.75 Å². The van der Waals surface area contributed by atoms with Crippen molar-refractivity contribution in [2.24, 2.45) is 0 Å². The van der Waals surface area contributed by atoms with E-state index in [1.165, 1.54) is 16.9 Å². The first-order valence-electron chi connectivity index (χ1n) is 3.96. The second-order valence-corrected chi connectivity index (χ2v) is 2.71. The summed E-state index contributed by atoms with van der Waals surface area (Å²) < 4.78 is 1.42. The molecule has 14 heavy (non-hydrogen) atoms. The van der Waals surface area contributed by atoms with E-state index >= 15 is 0 Å². The van der Waals surface area contributed by atoms with E-state index in [0.29, 0.717) is 17.5 Å². The average molecular weight is 189 g/mol. The van der Waals surface area contributed by atoms with Gasteiger partial charge in [0, 0.05) is 5.56 Å². The molecular formula is C9H7N3O2. The number of aromatic hydroxyl groups is 1. The van der Waals surface area contributed by atoms with Gasteiger partial charge in [-0.25, -0.2) is 4.68 Å². The van der Waals surface area contributed by atoms with Crippen LogP contribution in [-0.2, 0) is 0 Å². The minimum absolute atomic E-state index is 0.0000926. The molecule has 2 aromatic rings. The highest BCUT2D eigenvalue weighted by Crippen LogP contribution is 2.20. The fourth-order valence-corrected chi connectivity index (χ4v) is 1.14. The Balaban J connectivity index is 2.51. The van der Waals surface area contributed by atoms with Gasteiger partial charge < -0.3 is 5.11 Å². The second-order valence-electron chi connectivity index (χ2n) is 2.71. The molecular weight excluding hydrogens is 182 g/mol. The minimum atomic E-state index is 0.0000926. The van der Waals surface area contributed by atoms with Crippen molar-refractivity contribution < 1.29 is 9.90 Å². The lowest BCUT2D eigenvalue weighted by molar-refractivity contribution is 0.112. The second kappa shape index (κ2) is 3.29. The molecule has 0 radical (unpaired) electrons. The van der Waals surface area contributed by atoms with Gasteiger partial charge in [-0.2, -0.15) is 0 Å². The summed E-state index contributed by atoms with van der Waals surface area (Å²) in [5.74, 6) is 0.0000926. The van der Waals surface area contributed by atoms with E-state index < -0.39 is 0 Å². The summed E-state index contributed by atoms with van der Waals surface area (Å²) >= 11 is 0. The van der Waals surface area contributed by atoms with Crippen molar-refractivity contribution in [3.8, 4) is 11.4 Å². The normalized spacial score (nSPS) is 10.0. The topological polar surface area (TPSA) is 68.0 Å². The lowest BCUT2D eigenvalue weighted by atomic mass is 10.2. The SMILES string of the molecule is O=Cc1ccc(-n2ccnn2)c(O)c1. The first-order valence-corrected chi connectivity index (χ1v) is 3.96. The van der Waals surface area contributed by atoms with Gasteiger partial charge in [-0.05, 0) is 18.2 Å². The standard InChI is InChI=1S/C9H7N3O2/c13-6-7-1-2-8(9(14)5-7)12-4-3-10-11-12/h1-6,14H. The molecule has 2 rings (SSSR count). The first kappa shape index (κ1) is 8.43. The van der Waals surface area contributed by atoms with Crippen LogP contribution in [0.25, 0.3) is 5.69 Å². The summed E-state index contributed by atoms with van der Waals surface area (Å²) in [5, 5.41) is 16.9. The molecule has 0 aliphatic heterocycles. The molecule has 0 atom stereocenters. The quantitative estimate of drug-likeness (QED) is 0.709. The molecule has 1 N–H and O–H groups in total. The van der Waals surface area contributed by atoms with Gasteiger partial charge in [0.15, 0.2) is 0 Å². The van der Waals surface area contributed by atoms with E-state index in [1.807, 2.05) is 0 Å². The molecule has 5 heteroatoms. The lowest BCUT2D eigenvalue weighted by Crippen LogP contribution is -1.96. The molecule has 0 saturated carbocycles. The molecule has 0 saturated heterocycles. The highest BCUT2D eigenvalue weighted by atomic mass is 16.3. The smallest absolute Gasteiger partial charge is 0.150 e. The summed E-state index contributed by atoms with van der Waals surface area (Å²) in [7, 11) is 0. The zero-order valence-electron chi connectivity index (χ0n) is 7.16. The molecule has 0 aliphatic carbocycles. The number of rotatable bonds is 2. The van der Waals surface area contributed by atoms with Crippen molar-refractivity contribution in [2.75, 3.05) is 0 Å². The fourth-order valence-electron chi connectivity index (χ4n) is 1.14. The number of benzene rings is 1. The number of phenolic OH excluding ortho intramolecular Hbond substituents is 1. The molecule has 0 fully saturated rings. The van der Waals surface area contributed by atoms with Crippen LogP contribution in [0.5, 0.6) is 5.75 Å². The minimum Gasteiger partial charge on any atom is -0.506 e. The summed E-state index contributed by atoms with van der Waals surface area (Å²) in [4.78, 5) is 10.4. The van der Waals surface area contributed by atoms with Crippen LogP contribution in [0.3, 0.4) is 0 Å². The van der Waals surface area contributed by atoms with Gasteiger partial charge in [0.25, 0.3) is 0 Å². The van der Waals surface area contributed by atoms with Crippen molar-refractivity contribution in [1.29, 1.82) is 0 Å². The number of hydrogen-bond acceptors (Lipinski definition) is 4. The molecule has 0 spiro atoms. The summed E-state index contributed by atoms with van der Waals surface area (Å²) in [6, 6.07) is 4.58. The number of phenols is 1. The van der Waals surface area contributed by atoms with Crippen LogP contribution in [0, 0.1) is 0 Å². The Kier molecular flexibility index (Phi) is 1.98. The molecule has 1 aromatic heterocycles. The predicted molar refractivity (Wildman–Crippen MR) is 48.4 cm³/mol. The van der Waals surface area contributed by atoms with Crippen LogP contribution in [0.4, 0.5) is 0 Å². The first-order chi connectivity index (χ1) is 6.81. The zero-order chi connectivity index (χ0) is 9.97. The Morgan fingerprint density at radius 1 is 1.43 bits per heavy atom. The number of nitrogens with zero attached hydrogens (tertiary/aromatic N) is 3. The van der Waals surface area contributed by atoms with Crippen LogP contribution in [0.2, 0.25) is 0 Å². The maximum absolute atomic E-state index is 10.4. The van der Waals surface area contributed by atoms with Crippen LogP contribution >= 0.6 is 0 Å². The Morgan fingerprint density at radius 3 is 2.86 bits per heavy atom. The molecule has 0 amide bonds. The highest BCUT2D eigenvalue weighted by Gasteiger charge is 2.04. The Hall–Kier alpha value is -2.17. The van der Waals surface area contributed by atoms with Gasteiger partial charge in [0.05, 0.1) is 12.4 Å². The van der Waals surface area contributed by atoms with Crippen molar-refractivity contribution in [1.82, 2.24) is 15.0 Å². The van der Waals surface area contributed by atoms with Gasteiger partial charge in [0.1, 0.15) is 17.7 Å². The Labute approximate surface area is 79.6 Å². The monoisotopic (exact) mass is 189 g/mol. The van der Waals surface area contributed by atoms with Crippen LogP contribution in [-0.4, -0.2) is 26.4 Å². The van der Waals surface area contributed by atoms with E-state index in [1.54, 1.807) is 18.3 Å². The molecule has 0 aliphatic rings. The van der Waals surface area contributed by atoms with Crippen molar-refractivity contribution in [3.63, 3.8) is 0 Å². The summed E-state index contributed by atoms with van der Waals surface area (Å²) in [5.41, 5.74) is 0.916. The molecule has 70 valence electrons. The van der Waals surface area contributed by atoms with Crippen LogP contribution < -0.4 is 0 Å². The van der Waals surface area contributed by atoms with Gasteiger partial charge in [-0.3, -0.25) is 4.79 Å². The maximum atomic E-state index is 10.4. The Bertz CT molecular complexity index is 451. The maximum Gasteiger partial charge on any atom is 0.150 e. The van der Waals surface area contributed by atoms with E-state index in [4.69, 9.17) is 0 Å². The number of carbonyl (C=O) groups is 1. The van der Waals surface area contributed by atoms with Crippen LogP contribution in [0.1, 0.15) is 10.4 Å². The van der Waals surface area contributed by atoms with Gasteiger partial charge in [-0.1, -0.05) is 5.21 Å². The number of carbonyl (C=O) groups excluding carboxylic acids is 1. The zero-order valence-corrected chi connectivity index (χ0v) is 7.16. The third-order valence-electron chi connectivity index (χ3n) is 1.80. The number of aldehydes is 1. The van der Waals surface area contributed by atoms with Gasteiger partial charge >= 0.3 is 0 Å². The lowest BCUT2D eigenvalue weighted by Gasteiger charge is -2.03. The summed E-state index contributed by atoms with van der Waals surface area (Å²) in [6.45, 7) is 0. The van der Waals surface area contributed by atoms with Crippen molar-refractivity contribution >= 4 is 6.29 Å². The Morgan fingerprint density at radius 2 is 2.29 bits per heavy atom. The summed E-state index contributed by atoms with van der Waals surface area (Å²) in [6.07, 6.45) is 3.79. The molecule has 5 nitrogen and oxygen atoms in total. The van der Waals surface area contributed by atoms with Gasteiger partial charge in [0.2, 0.25) is 0 Å². The van der Waals surface area contributed by atoms with E-state index in [0.717, 1.165) is 0 Å². The number of hydrogen-bond donors (Lipinski definition) is 1. The third kappa shape index (κ3) is 1.35. The highest BCUT2D eigenvalue weighted by molar-refractivity contribution is 5.76. The fraction of sp³-hybridized carbons (Fsp3) is 0. The van der Waals surface area contributed by atoms with E-state index in [2.05, 4.69) is 10.3 Å². The largest absolute Gasteiger partial charge is 0.506 e. The third-order valence-corrected chi connectivity index (χ3v) is 1.80. The van der Waals surface area contributed by atoms with E-state index in [9.17, 15) is 9.90 Å². The average Bonchev–Trinajstić information content (AvgIpc) is 2.70. The molecule has 1 heterocycles. The molecule has 0 bridgehead atoms. The molecule has 0 unspecified atom stereocenters. The van der Waals surface area contributed by atoms with Crippen molar-refractivity contribution in [3.05, 3.63) is 36.2 Å².